The third-order valence-electron chi connectivity index (χ3n) is 4.79. The van der Waals surface area contributed by atoms with E-state index in [1.807, 2.05) is 0 Å². The highest BCUT2D eigenvalue weighted by Crippen LogP contribution is 2.53. The van der Waals surface area contributed by atoms with Crippen LogP contribution in [0.3, 0.4) is 0 Å². The molecule has 3 heteroatoms. The normalized spacial score (nSPS) is 38.4. The molecule has 2 nitrogen and oxygen atoms in total. The first-order valence-corrected chi connectivity index (χ1v) is 11.3. The average molecular weight is 277 g/mol. The number of aliphatic hydroxyl groups is 1. The van der Waals surface area contributed by atoms with E-state index >= 15 is 0 Å². The highest BCUT2D eigenvalue weighted by atomic mass is 28.3. The van der Waals surface area contributed by atoms with Crippen LogP contribution in [0, 0.1) is 22.7 Å². The van der Waals surface area contributed by atoms with E-state index in [1.54, 1.807) is 0 Å². The molecule has 2 aliphatic carbocycles. The molecule has 0 aromatic carbocycles. The monoisotopic (exact) mass is 277 g/mol. The minimum atomic E-state index is -1.34. The number of fused-ring (bicyclic) bond motifs is 1. The summed E-state index contributed by atoms with van der Waals surface area (Å²) in [5.74, 6) is 0.385. The first-order chi connectivity index (χ1) is 8.90. The largest absolute Gasteiger partial charge is 0.391 e. The fraction of sp³-hybridized carbons (Fsp3) is 0.812. The summed E-state index contributed by atoms with van der Waals surface area (Å²) in [6.45, 7) is 6.94. The number of nitriles is 1. The van der Waals surface area contributed by atoms with Crippen molar-refractivity contribution in [2.75, 3.05) is 0 Å². The number of hydrogen-bond acceptors (Lipinski definition) is 2. The molecule has 0 bridgehead atoms. The van der Waals surface area contributed by atoms with Crippen molar-refractivity contribution in [2.24, 2.45) is 11.3 Å². The van der Waals surface area contributed by atoms with Crippen molar-refractivity contribution in [1.82, 2.24) is 0 Å². The van der Waals surface area contributed by atoms with Gasteiger partial charge in [0.25, 0.3) is 0 Å². The maximum absolute atomic E-state index is 10.7. The maximum Gasteiger partial charge on any atom is 0.106 e. The molecular weight excluding hydrogens is 250 g/mol. The second-order valence-corrected chi connectivity index (χ2v) is 12.4. The Kier molecular flexibility index (Phi) is 4.22. The zero-order valence-corrected chi connectivity index (χ0v) is 13.6. The summed E-state index contributed by atoms with van der Waals surface area (Å²) in [5.41, 5.74) is 3.11. The molecule has 0 spiro atoms. The Balaban J connectivity index is 2.42. The van der Waals surface area contributed by atoms with Gasteiger partial charge in [0.15, 0.2) is 0 Å². The third kappa shape index (κ3) is 2.80. The van der Waals surface area contributed by atoms with Crippen molar-refractivity contribution >= 4 is 8.07 Å². The van der Waals surface area contributed by atoms with E-state index in [1.165, 1.54) is 18.4 Å². The zero-order chi connectivity index (χ0) is 14.1. The van der Waals surface area contributed by atoms with Gasteiger partial charge < -0.3 is 5.11 Å². The Hall–Kier alpha value is -0.593. The van der Waals surface area contributed by atoms with E-state index in [2.05, 4.69) is 31.4 Å². The quantitative estimate of drug-likeness (QED) is 0.735. The summed E-state index contributed by atoms with van der Waals surface area (Å²) >= 11 is 0. The van der Waals surface area contributed by atoms with E-state index in [4.69, 9.17) is 0 Å². The summed E-state index contributed by atoms with van der Waals surface area (Å²) in [4.78, 5) is 0. The summed E-state index contributed by atoms with van der Waals surface area (Å²) in [7, 11) is -1.34. The standard InChI is InChI=1S/C16H27NOSi/c1-19(2,3)11-14-10-9-13-7-5-4-6-8-15(18)16(13,14)12-17/h11,13,15,18H,4-10H2,1-3H3/b14-11+/t13-,15-,16+/m0/s1. The molecule has 0 radical (unpaired) electrons. The number of hydrogen-bond donors (Lipinski definition) is 1. The molecule has 1 N–H and O–H groups in total. The van der Waals surface area contributed by atoms with Crippen molar-refractivity contribution in [3.05, 3.63) is 11.3 Å². The number of rotatable bonds is 1. The smallest absolute Gasteiger partial charge is 0.106 e. The van der Waals surface area contributed by atoms with Gasteiger partial charge in [0, 0.05) is 0 Å². The molecule has 0 unspecified atom stereocenters. The van der Waals surface area contributed by atoms with Crippen molar-refractivity contribution in [1.29, 1.82) is 5.26 Å². The molecule has 2 saturated carbocycles. The van der Waals surface area contributed by atoms with Crippen molar-refractivity contribution in [2.45, 2.75) is 70.7 Å². The van der Waals surface area contributed by atoms with Gasteiger partial charge in [-0.2, -0.15) is 5.26 Å². The van der Waals surface area contributed by atoms with Gasteiger partial charge in [-0.3, -0.25) is 0 Å². The first-order valence-electron chi connectivity index (χ1n) is 7.71. The molecule has 2 rings (SSSR count). The predicted octanol–water partition coefficient (Wildman–Crippen LogP) is 4.04. The lowest BCUT2D eigenvalue weighted by Gasteiger charge is -2.37. The van der Waals surface area contributed by atoms with Crippen LogP contribution in [0.5, 0.6) is 0 Å². The molecular formula is C16H27NOSi. The molecule has 0 heterocycles. The number of nitrogens with zero attached hydrogens (tertiary/aromatic N) is 1. The van der Waals surface area contributed by atoms with Crippen LogP contribution in [-0.4, -0.2) is 19.3 Å². The van der Waals surface area contributed by atoms with Crippen molar-refractivity contribution in [3.8, 4) is 6.07 Å². The van der Waals surface area contributed by atoms with Gasteiger partial charge in [-0.05, 0) is 31.6 Å². The predicted molar refractivity (Wildman–Crippen MR) is 81.3 cm³/mol. The van der Waals surface area contributed by atoms with E-state index in [-0.39, 0.29) is 0 Å². The van der Waals surface area contributed by atoms with Gasteiger partial charge in [0.2, 0.25) is 0 Å². The van der Waals surface area contributed by atoms with Gasteiger partial charge >= 0.3 is 0 Å². The van der Waals surface area contributed by atoms with Gasteiger partial charge in [-0.25, -0.2) is 0 Å². The summed E-state index contributed by atoms with van der Waals surface area (Å²) < 4.78 is 0. The van der Waals surface area contributed by atoms with E-state index < -0.39 is 19.6 Å². The molecule has 2 aliphatic rings. The van der Waals surface area contributed by atoms with Crippen LogP contribution in [-0.2, 0) is 0 Å². The van der Waals surface area contributed by atoms with Crippen LogP contribution < -0.4 is 0 Å². The van der Waals surface area contributed by atoms with E-state index in [0.717, 1.165) is 32.1 Å². The highest BCUT2D eigenvalue weighted by Gasteiger charge is 2.52. The van der Waals surface area contributed by atoms with Crippen LogP contribution in [0.2, 0.25) is 19.6 Å². The topological polar surface area (TPSA) is 44.0 Å². The zero-order valence-electron chi connectivity index (χ0n) is 12.6. The van der Waals surface area contributed by atoms with Gasteiger partial charge in [0.1, 0.15) is 5.41 Å². The van der Waals surface area contributed by atoms with Gasteiger partial charge in [0.05, 0.1) is 20.2 Å². The molecule has 0 aliphatic heterocycles. The summed E-state index contributed by atoms with van der Waals surface area (Å²) in [6.07, 6.45) is 7.09. The third-order valence-corrected chi connectivity index (χ3v) is 6.00. The van der Waals surface area contributed by atoms with Crippen LogP contribution in [0.1, 0.15) is 44.9 Å². The fourth-order valence-electron chi connectivity index (χ4n) is 3.97. The van der Waals surface area contributed by atoms with Crippen molar-refractivity contribution < 1.29 is 5.11 Å². The first kappa shape index (κ1) is 14.8. The molecule has 19 heavy (non-hydrogen) atoms. The second-order valence-electron chi connectivity index (χ2n) is 7.41. The minimum absolute atomic E-state index is 0.385. The van der Waals surface area contributed by atoms with Crippen LogP contribution in [0.25, 0.3) is 0 Å². The Morgan fingerprint density at radius 1 is 1.21 bits per heavy atom. The molecule has 0 saturated heterocycles. The molecule has 0 aromatic heterocycles. The van der Waals surface area contributed by atoms with Gasteiger partial charge in [-0.1, -0.05) is 50.2 Å². The average Bonchev–Trinajstić information content (AvgIpc) is 2.62. The Morgan fingerprint density at radius 2 is 1.89 bits per heavy atom. The minimum Gasteiger partial charge on any atom is -0.391 e. The fourth-order valence-corrected chi connectivity index (χ4v) is 5.40. The second kappa shape index (κ2) is 5.42. The lowest BCUT2D eigenvalue weighted by molar-refractivity contribution is 0.0397. The Morgan fingerprint density at radius 3 is 2.53 bits per heavy atom. The van der Waals surface area contributed by atoms with Gasteiger partial charge in [-0.15, -0.1) is 0 Å². The van der Waals surface area contributed by atoms with Crippen LogP contribution in [0.15, 0.2) is 11.3 Å². The summed E-state index contributed by atoms with van der Waals surface area (Å²) in [5, 5.41) is 20.5. The molecule has 3 atom stereocenters. The van der Waals surface area contributed by atoms with E-state index in [0.29, 0.717) is 5.92 Å². The van der Waals surface area contributed by atoms with Crippen LogP contribution >= 0.6 is 0 Å². The Bertz CT molecular complexity index is 404. The van der Waals surface area contributed by atoms with E-state index in [9.17, 15) is 10.4 Å². The molecule has 106 valence electrons. The maximum atomic E-state index is 10.7. The highest BCUT2D eigenvalue weighted by molar-refractivity contribution is 6.81. The van der Waals surface area contributed by atoms with Crippen LogP contribution in [0.4, 0.5) is 0 Å². The number of aliphatic hydroxyl groups excluding tert-OH is 1. The lowest BCUT2D eigenvalue weighted by Crippen LogP contribution is -2.40. The molecule has 2 fully saturated rings. The SMILES string of the molecule is C[Si](C)(C)/C=C1\CC[C@@H]2CCCCC[C@H](O)[C@@]12C#N. The molecule has 0 aromatic rings. The van der Waals surface area contributed by atoms with Crippen molar-refractivity contribution in [3.63, 3.8) is 0 Å². The Labute approximate surface area is 118 Å². The molecule has 0 amide bonds. The lowest BCUT2D eigenvalue weighted by atomic mass is 9.68. The summed E-state index contributed by atoms with van der Waals surface area (Å²) in [6, 6.07) is 2.57.